The monoisotopic (exact) mass is 277 g/mol. The van der Waals surface area contributed by atoms with Crippen LogP contribution in [-0.2, 0) is 22.4 Å². The van der Waals surface area contributed by atoms with Crippen LogP contribution in [-0.4, -0.2) is 13.1 Å². The SMILES string of the molecule is C=CC[N-]CC=C.[Ta]. The Bertz CT molecular complexity index is 53.5. The van der Waals surface area contributed by atoms with Crippen molar-refractivity contribution >= 4 is 0 Å². The second-order valence-corrected chi connectivity index (χ2v) is 1.17. The zero-order chi connectivity index (χ0) is 5.54. The van der Waals surface area contributed by atoms with Gasteiger partial charge in [-0.3, -0.25) is 0 Å². The maximum Gasteiger partial charge on any atom is 0 e. The molecular formula is C6H10NTa-. The van der Waals surface area contributed by atoms with E-state index < -0.39 is 0 Å². The van der Waals surface area contributed by atoms with Gasteiger partial charge in [-0.2, -0.15) is 0 Å². The maximum atomic E-state index is 3.97. The van der Waals surface area contributed by atoms with Crippen LogP contribution in [0.25, 0.3) is 5.32 Å². The molecule has 0 atom stereocenters. The second-order valence-electron chi connectivity index (χ2n) is 1.17. The summed E-state index contributed by atoms with van der Waals surface area (Å²) in [5.74, 6) is 0. The van der Waals surface area contributed by atoms with Crippen molar-refractivity contribution in [1.82, 2.24) is 0 Å². The molecule has 0 saturated carbocycles. The molecule has 0 aliphatic heterocycles. The molecule has 0 rings (SSSR count). The van der Waals surface area contributed by atoms with Crippen molar-refractivity contribution in [1.29, 1.82) is 0 Å². The van der Waals surface area contributed by atoms with Gasteiger partial charge in [-0.15, -0.1) is 38.4 Å². The van der Waals surface area contributed by atoms with E-state index >= 15 is 0 Å². The molecule has 0 amide bonds. The number of hydrogen-bond acceptors (Lipinski definition) is 0. The first kappa shape index (κ1) is 11.0. The van der Waals surface area contributed by atoms with Crippen molar-refractivity contribution in [2.75, 3.05) is 13.1 Å². The first-order valence-corrected chi connectivity index (χ1v) is 2.27. The average Bonchev–Trinajstić information content (AvgIpc) is 1.69. The van der Waals surface area contributed by atoms with Crippen LogP contribution in [0.2, 0.25) is 0 Å². The minimum Gasteiger partial charge on any atom is -0.656 e. The molecule has 1 radical (unpaired) electrons. The fourth-order valence-electron chi connectivity index (χ4n) is 0.257. The summed E-state index contributed by atoms with van der Waals surface area (Å²) in [6, 6.07) is 0. The van der Waals surface area contributed by atoms with Gasteiger partial charge in [0, 0.05) is 22.4 Å². The van der Waals surface area contributed by atoms with E-state index in [0.29, 0.717) is 0 Å². The maximum absolute atomic E-state index is 3.97. The van der Waals surface area contributed by atoms with Gasteiger partial charge >= 0.3 is 0 Å². The standard InChI is InChI=1S/C6H10N.Ta/c1-3-5-7-6-4-2;/h3-4H,1-2,5-6H2;/q-1;. The Morgan fingerprint density at radius 1 is 1.12 bits per heavy atom. The van der Waals surface area contributed by atoms with Crippen molar-refractivity contribution in [3.63, 3.8) is 0 Å². The van der Waals surface area contributed by atoms with Gasteiger partial charge in [0.25, 0.3) is 0 Å². The largest absolute Gasteiger partial charge is 0.656 e. The van der Waals surface area contributed by atoms with Crippen LogP contribution in [0.4, 0.5) is 0 Å². The summed E-state index contributed by atoms with van der Waals surface area (Å²) in [4.78, 5) is 0. The minimum atomic E-state index is 0. The summed E-state index contributed by atoms with van der Waals surface area (Å²) in [5, 5.41) is 3.97. The van der Waals surface area contributed by atoms with Crippen LogP contribution < -0.4 is 0 Å². The molecular weight excluding hydrogens is 267 g/mol. The van der Waals surface area contributed by atoms with Gasteiger partial charge in [0.2, 0.25) is 0 Å². The predicted molar refractivity (Wildman–Crippen MR) is 33.5 cm³/mol. The van der Waals surface area contributed by atoms with E-state index in [1.54, 1.807) is 12.2 Å². The molecule has 0 aromatic carbocycles. The molecule has 0 N–H and O–H groups in total. The Kier molecular flexibility index (Phi) is 14.1. The summed E-state index contributed by atoms with van der Waals surface area (Å²) >= 11 is 0. The van der Waals surface area contributed by atoms with Crippen LogP contribution in [0.1, 0.15) is 0 Å². The molecule has 8 heavy (non-hydrogen) atoms. The van der Waals surface area contributed by atoms with Gasteiger partial charge in [0.05, 0.1) is 0 Å². The number of rotatable bonds is 4. The van der Waals surface area contributed by atoms with E-state index in [1.165, 1.54) is 0 Å². The molecule has 0 aromatic heterocycles. The fourth-order valence-corrected chi connectivity index (χ4v) is 0.257. The van der Waals surface area contributed by atoms with E-state index in [0.717, 1.165) is 13.1 Å². The van der Waals surface area contributed by atoms with E-state index in [9.17, 15) is 0 Å². The van der Waals surface area contributed by atoms with Crippen LogP contribution in [0, 0.1) is 0 Å². The van der Waals surface area contributed by atoms with Gasteiger partial charge in [0.1, 0.15) is 0 Å². The van der Waals surface area contributed by atoms with Gasteiger partial charge in [-0.25, -0.2) is 0 Å². The van der Waals surface area contributed by atoms with Gasteiger partial charge in [-0.05, 0) is 0 Å². The minimum absolute atomic E-state index is 0. The molecule has 0 heterocycles. The van der Waals surface area contributed by atoms with Crippen LogP contribution in [0.15, 0.2) is 25.3 Å². The molecule has 0 aromatic rings. The van der Waals surface area contributed by atoms with E-state index in [-0.39, 0.29) is 22.4 Å². The molecule has 45 valence electrons. The Morgan fingerprint density at radius 2 is 1.50 bits per heavy atom. The number of hydrogen-bond donors (Lipinski definition) is 0. The normalized spacial score (nSPS) is 7.00. The topological polar surface area (TPSA) is 14.1 Å². The van der Waals surface area contributed by atoms with Crippen molar-refractivity contribution in [2.24, 2.45) is 0 Å². The molecule has 1 nitrogen and oxygen atoms in total. The first-order valence-electron chi connectivity index (χ1n) is 2.27. The van der Waals surface area contributed by atoms with Crippen molar-refractivity contribution in [3.05, 3.63) is 30.6 Å². The molecule has 0 spiro atoms. The molecule has 0 fully saturated rings. The summed E-state index contributed by atoms with van der Waals surface area (Å²) < 4.78 is 0. The van der Waals surface area contributed by atoms with E-state index in [2.05, 4.69) is 18.5 Å². The Balaban J connectivity index is 0. The smallest absolute Gasteiger partial charge is 0 e. The zero-order valence-electron chi connectivity index (χ0n) is 4.88. The Labute approximate surface area is 66.4 Å². The Morgan fingerprint density at radius 3 is 1.75 bits per heavy atom. The third-order valence-corrected chi connectivity index (χ3v) is 0.516. The Hall–Kier alpha value is 0.180. The zero-order valence-corrected chi connectivity index (χ0v) is 8.09. The molecule has 0 saturated heterocycles. The molecule has 0 unspecified atom stereocenters. The molecule has 0 aliphatic rings. The quantitative estimate of drug-likeness (QED) is 0.549. The molecule has 2 heteroatoms. The van der Waals surface area contributed by atoms with E-state index in [4.69, 9.17) is 0 Å². The van der Waals surface area contributed by atoms with Crippen molar-refractivity contribution in [2.45, 2.75) is 0 Å². The summed E-state index contributed by atoms with van der Waals surface area (Å²) in [6.45, 7) is 8.49. The van der Waals surface area contributed by atoms with Gasteiger partial charge in [-0.1, -0.05) is 0 Å². The first-order chi connectivity index (χ1) is 3.41. The third-order valence-electron chi connectivity index (χ3n) is 0.516. The van der Waals surface area contributed by atoms with Crippen LogP contribution >= 0.6 is 0 Å². The predicted octanol–water partition coefficient (Wildman–Crippen LogP) is 1.73. The van der Waals surface area contributed by atoms with Gasteiger partial charge < -0.3 is 5.32 Å². The molecule has 0 aliphatic carbocycles. The summed E-state index contributed by atoms with van der Waals surface area (Å²) in [7, 11) is 0. The van der Waals surface area contributed by atoms with Crippen LogP contribution in [0.3, 0.4) is 0 Å². The third kappa shape index (κ3) is 9.49. The average molecular weight is 277 g/mol. The molecule has 0 bridgehead atoms. The van der Waals surface area contributed by atoms with Crippen LogP contribution in [0.5, 0.6) is 0 Å². The number of nitrogens with zero attached hydrogens (tertiary/aromatic N) is 1. The summed E-state index contributed by atoms with van der Waals surface area (Å²) in [6.07, 6.45) is 3.53. The second kappa shape index (κ2) is 10.2. The summed E-state index contributed by atoms with van der Waals surface area (Å²) in [5.41, 5.74) is 0. The van der Waals surface area contributed by atoms with Crippen molar-refractivity contribution < 1.29 is 22.4 Å². The van der Waals surface area contributed by atoms with Gasteiger partial charge in [0.15, 0.2) is 0 Å². The van der Waals surface area contributed by atoms with Crippen molar-refractivity contribution in [3.8, 4) is 0 Å². The van der Waals surface area contributed by atoms with E-state index in [1.807, 2.05) is 0 Å². The fraction of sp³-hybridized carbons (Fsp3) is 0.333.